The lowest BCUT2D eigenvalue weighted by Crippen LogP contribution is -2.42. The summed E-state index contributed by atoms with van der Waals surface area (Å²) >= 11 is 0. The average Bonchev–Trinajstić information content (AvgIpc) is 2.21. The van der Waals surface area contributed by atoms with Crippen LogP contribution >= 0.6 is 0 Å². The smallest absolute Gasteiger partial charge is 0.314 e. The van der Waals surface area contributed by atoms with E-state index in [0.29, 0.717) is 6.04 Å². The van der Waals surface area contributed by atoms with Gasteiger partial charge < -0.3 is 10.6 Å². The molecule has 2 amide bonds. The summed E-state index contributed by atoms with van der Waals surface area (Å²) in [6.45, 7) is 2.24. The Labute approximate surface area is 86.6 Å². The molecule has 82 valence electrons. The molecule has 0 aromatic heterocycles. The van der Waals surface area contributed by atoms with Crippen molar-refractivity contribution in [1.29, 1.82) is 0 Å². The highest BCUT2D eigenvalue weighted by Gasteiger charge is 2.21. The van der Waals surface area contributed by atoms with Crippen LogP contribution in [-0.2, 0) is 0 Å². The number of carbonyl (C=O) groups excluding carboxylic acids is 1. The fourth-order valence-electron chi connectivity index (χ4n) is 2.26. The Kier molecular flexibility index (Phi) is 4.77. The van der Waals surface area contributed by atoms with Gasteiger partial charge in [0.2, 0.25) is 0 Å². The molecule has 0 atom stereocenters. The normalized spacial score (nSPS) is 27.0. The Balaban J connectivity index is 2.18. The van der Waals surface area contributed by atoms with E-state index in [0.717, 1.165) is 18.8 Å². The third-order valence-electron chi connectivity index (χ3n) is 3.11. The van der Waals surface area contributed by atoms with Crippen LogP contribution in [0.3, 0.4) is 0 Å². The van der Waals surface area contributed by atoms with Crippen LogP contribution in [0, 0.1) is 5.92 Å². The summed E-state index contributed by atoms with van der Waals surface area (Å²) in [5.74, 6) is 0.905. The molecule has 1 fully saturated rings. The van der Waals surface area contributed by atoms with Crippen LogP contribution in [0.2, 0.25) is 0 Å². The summed E-state index contributed by atoms with van der Waals surface area (Å²) in [7, 11) is 1.66. The highest BCUT2D eigenvalue weighted by atomic mass is 16.2. The molecule has 3 nitrogen and oxygen atoms in total. The maximum atomic E-state index is 11.1. The van der Waals surface area contributed by atoms with Crippen molar-refractivity contribution in [2.75, 3.05) is 7.05 Å². The van der Waals surface area contributed by atoms with Gasteiger partial charge in [-0.05, 0) is 31.6 Å². The Morgan fingerprint density at radius 3 is 2.43 bits per heavy atom. The molecule has 0 spiro atoms. The second-order valence-corrected chi connectivity index (χ2v) is 4.23. The molecule has 0 radical (unpaired) electrons. The number of rotatable bonds is 3. The molecule has 0 bridgehead atoms. The summed E-state index contributed by atoms with van der Waals surface area (Å²) in [6, 6.07) is 0.368. The summed E-state index contributed by atoms with van der Waals surface area (Å²) in [6.07, 6.45) is 7.51. The Hall–Kier alpha value is -0.730. The number of hydrogen-bond acceptors (Lipinski definition) is 1. The van der Waals surface area contributed by atoms with E-state index < -0.39 is 0 Å². The van der Waals surface area contributed by atoms with Crippen molar-refractivity contribution in [2.24, 2.45) is 5.92 Å². The average molecular weight is 198 g/mol. The maximum absolute atomic E-state index is 11.1. The van der Waals surface area contributed by atoms with Gasteiger partial charge in [-0.3, -0.25) is 0 Å². The van der Waals surface area contributed by atoms with Crippen LogP contribution in [-0.4, -0.2) is 19.1 Å². The van der Waals surface area contributed by atoms with Gasteiger partial charge in [0.05, 0.1) is 0 Å². The van der Waals surface area contributed by atoms with Crippen LogP contribution in [0.5, 0.6) is 0 Å². The molecule has 0 aliphatic heterocycles. The summed E-state index contributed by atoms with van der Waals surface area (Å²) in [5, 5.41) is 5.58. The first kappa shape index (κ1) is 11.3. The second kappa shape index (κ2) is 5.89. The summed E-state index contributed by atoms with van der Waals surface area (Å²) in [5.41, 5.74) is 0. The lowest BCUT2D eigenvalue weighted by molar-refractivity contribution is 0.227. The predicted molar refractivity (Wildman–Crippen MR) is 58.2 cm³/mol. The topological polar surface area (TPSA) is 41.1 Å². The quantitative estimate of drug-likeness (QED) is 0.717. The van der Waals surface area contributed by atoms with Crippen molar-refractivity contribution in [3.8, 4) is 0 Å². The number of amides is 2. The van der Waals surface area contributed by atoms with Gasteiger partial charge in [0.1, 0.15) is 0 Å². The van der Waals surface area contributed by atoms with Crippen molar-refractivity contribution in [1.82, 2.24) is 10.6 Å². The third kappa shape index (κ3) is 3.56. The molecular weight excluding hydrogens is 176 g/mol. The minimum Gasteiger partial charge on any atom is -0.341 e. The van der Waals surface area contributed by atoms with Gasteiger partial charge >= 0.3 is 6.03 Å². The van der Waals surface area contributed by atoms with Crippen LogP contribution in [0.25, 0.3) is 0 Å². The highest BCUT2D eigenvalue weighted by Crippen LogP contribution is 2.27. The van der Waals surface area contributed by atoms with Crippen LogP contribution in [0.4, 0.5) is 4.79 Å². The van der Waals surface area contributed by atoms with Crippen molar-refractivity contribution in [3.05, 3.63) is 0 Å². The van der Waals surface area contributed by atoms with Crippen molar-refractivity contribution < 1.29 is 4.79 Å². The zero-order chi connectivity index (χ0) is 10.4. The molecule has 1 saturated carbocycles. The fraction of sp³-hybridized carbons (Fsp3) is 0.909. The highest BCUT2D eigenvalue weighted by molar-refractivity contribution is 5.73. The monoisotopic (exact) mass is 198 g/mol. The Bertz CT molecular complexity index is 174. The van der Waals surface area contributed by atoms with Gasteiger partial charge in [-0.2, -0.15) is 0 Å². The molecule has 2 N–H and O–H groups in total. The molecule has 3 heteroatoms. The minimum absolute atomic E-state index is 0.0380. The van der Waals surface area contributed by atoms with Crippen molar-refractivity contribution >= 4 is 6.03 Å². The maximum Gasteiger partial charge on any atom is 0.314 e. The lowest BCUT2D eigenvalue weighted by atomic mass is 9.83. The van der Waals surface area contributed by atoms with Crippen LogP contribution in [0.15, 0.2) is 0 Å². The standard InChI is InChI=1S/C11H22N2O/c1-3-4-9-5-7-10(8-6-9)13-11(14)12-2/h9-10H,3-8H2,1-2H3,(H2,12,13,14). The molecule has 0 aromatic rings. The molecular formula is C11H22N2O. The van der Waals surface area contributed by atoms with Crippen molar-refractivity contribution in [3.63, 3.8) is 0 Å². The molecule has 0 aromatic carbocycles. The van der Waals surface area contributed by atoms with E-state index in [-0.39, 0.29) is 6.03 Å². The second-order valence-electron chi connectivity index (χ2n) is 4.23. The number of nitrogens with one attached hydrogen (secondary N) is 2. The van der Waals surface area contributed by atoms with Gasteiger partial charge in [0.25, 0.3) is 0 Å². The van der Waals surface area contributed by atoms with E-state index in [1.807, 2.05) is 0 Å². The van der Waals surface area contributed by atoms with E-state index in [1.165, 1.54) is 25.7 Å². The van der Waals surface area contributed by atoms with E-state index in [2.05, 4.69) is 17.6 Å². The molecule has 1 aliphatic carbocycles. The van der Waals surface area contributed by atoms with Gasteiger partial charge in [0, 0.05) is 13.1 Å². The SMILES string of the molecule is CCCC1CCC(NC(=O)NC)CC1. The van der Waals surface area contributed by atoms with Gasteiger partial charge in [-0.25, -0.2) is 4.79 Å². The van der Waals surface area contributed by atoms with E-state index in [9.17, 15) is 4.79 Å². The van der Waals surface area contributed by atoms with Gasteiger partial charge in [-0.15, -0.1) is 0 Å². The molecule has 1 aliphatic rings. The first-order valence-corrected chi connectivity index (χ1v) is 5.74. The molecule has 0 saturated heterocycles. The summed E-state index contributed by atoms with van der Waals surface area (Å²) in [4.78, 5) is 11.1. The minimum atomic E-state index is -0.0380. The molecule has 1 rings (SSSR count). The number of hydrogen-bond donors (Lipinski definition) is 2. The van der Waals surface area contributed by atoms with E-state index in [1.54, 1.807) is 7.05 Å². The van der Waals surface area contributed by atoms with Gasteiger partial charge in [0.15, 0.2) is 0 Å². The van der Waals surface area contributed by atoms with Gasteiger partial charge in [-0.1, -0.05) is 19.8 Å². The first-order valence-electron chi connectivity index (χ1n) is 5.74. The number of carbonyl (C=O) groups is 1. The van der Waals surface area contributed by atoms with Crippen molar-refractivity contribution in [2.45, 2.75) is 51.5 Å². The third-order valence-corrected chi connectivity index (χ3v) is 3.11. The van der Waals surface area contributed by atoms with Crippen LogP contribution in [0.1, 0.15) is 45.4 Å². The molecule has 0 unspecified atom stereocenters. The number of urea groups is 1. The molecule has 0 heterocycles. The fourth-order valence-corrected chi connectivity index (χ4v) is 2.26. The first-order chi connectivity index (χ1) is 6.76. The zero-order valence-electron chi connectivity index (χ0n) is 9.31. The Morgan fingerprint density at radius 1 is 1.29 bits per heavy atom. The lowest BCUT2D eigenvalue weighted by Gasteiger charge is -2.28. The Morgan fingerprint density at radius 2 is 1.93 bits per heavy atom. The summed E-state index contributed by atoms with van der Waals surface area (Å²) < 4.78 is 0. The van der Waals surface area contributed by atoms with E-state index >= 15 is 0 Å². The largest absolute Gasteiger partial charge is 0.341 e. The predicted octanol–water partition coefficient (Wildman–Crippen LogP) is 2.27. The van der Waals surface area contributed by atoms with Crippen LogP contribution < -0.4 is 10.6 Å². The van der Waals surface area contributed by atoms with E-state index in [4.69, 9.17) is 0 Å². The zero-order valence-corrected chi connectivity index (χ0v) is 9.31. The molecule has 14 heavy (non-hydrogen) atoms.